The third kappa shape index (κ3) is 3.24. The van der Waals surface area contributed by atoms with Gasteiger partial charge in [-0.3, -0.25) is 4.79 Å². The molecule has 25 heavy (non-hydrogen) atoms. The van der Waals surface area contributed by atoms with Gasteiger partial charge in [-0.2, -0.15) is 0 Å². The quantitative estimate of drug-likeness (QED) is 0.861. The van der Waals surface area contributed by atoms with Crippen molar-refractivity contribution in [3.63, 3.8) is 0 Å². The Labute approximate surface area is 147 Å². The molecule has 5 heteroatoms. The average Bonchev–Trinajstić information content (AvgIpc) is 3.15. The van der Waals surface area contributed by atoms with Crippen LogP contribution < -0.4 is 9.64 Å². The molecule has 2 aromatic rings. The van der Waals surface area contributed by atoms with Crippen LogP contribution in [0.2, 0.25) is 0 Å². The molecular weight excluding hydrogens is 316 g/mol. The molecule has 0 bridgehead atoms. The Morgan fingerprint density at radius 1 is 1.28 bits per heavy atom. The summed E-state index contributed by atoms with van der Waals surface area (Å²) in [5.74, 6) is 0.952. The third-order valence-corrected chi connectivity index (χ3v) is 4.95. The van der Waals surface area contributed by atoms with E-state index in [1.165, 1.54) is 5.56 Å². The van der Waals surface area contributed by atoms with Crippen molar-refractivity contribution in [2.45, 2.75) is 31.8 Å². The van der Waals surface area contributed by atoms with Gasteiger partial charge in [-0.1, -0.05) is 25.1 Å². The van der Waals surface area contributed by atoms with Crippen LogP contribution in [0.15, 0.2) is 42.6 Å². The number of benzene rings is 1. The van der Waals surface area contributed by atoms with E-state index in [9.17, 15) is 4.79 Å². The summed E-state index contributed by atoms with van der Waals surface area (Å²) in [5.41, 5.74) is 2.85. The van der Waals surface area contributed by atoms with Gasteiger partial charge in [0.05, 0.1) is 13.2 Å². The number of pyridine rings is 1. The lowest BCUT2D eigenvalue weighted by Gasteiger charge is -2.33. The molecule has 1 saturated heterocycles. The Bertz CT molecular complexity index is 771. The van der Waals surface area contributed by atoms with E-state index >= 15 is 0 Å². The summed E-state index contributed by atoms with van der Waals surface area (Å²) < 4.78 is 11.2. The number of ether oxygens (including phenoxy) is 2. The number of hydrogen-bond acceptors (Lipinski definition) is 4. The first-order valence-corrected chi connectivity index (χ1v) is 8.83. The van der Waals surface area contributed by atoms with E-state index in [4.69, 9.17) is 9.47 Å². The second kappa shape index (κ2) is 6.84. The molecule has 1 aromatic heterocycles. The molecule has 1 amide bonds. The summed E-state index contributed by atoms with van der Waals surface area (Å²) in [6.07, 6.45) is 3.49. The van der Waals surface area contributed by atoms with E-state index in [1.807, 2.05) is 23.1 Å². The number of aromatic nitrogens is 1. The lowest BCUT2D eigenvalue weighted by Crippen LogP contribution is -2.36. The van der Waals surface area contributed by atoms with Crippen LogP contribution in [0.5, 0.6) is 5.88 Å². The molecule has 0 spiro atoms. The van der Waals surface area contributed by atoms with Gasteiger partial charge >= 0.3 is 0 Å². The zero-order chi connectivity index (χ0) is 17.2. The van der Waals surface area contributed by atoms with E-state index in [0.29, 0.717) is 30.6 Å². The van der Waals surface area contributed by atoms with Crippen molar-refractivity contribution in [2.24, 2.45) is 0 Å². The summed E-state index contributed by atoms with van der Waals surface area (Å²) >= 11 is 0. The number of amides is 1. The van der Waals surface area contributed by atoms with Crippen molar-refractivity contribution in [3.05, 3.63) is 53.7 Å². The van der Waals surface area contributed by atoms with Crippen LogP contribution in [-0.4, -0.2) is 36.8 Å². The zero-order valence-electron chi connectivity index (χ0n) is 14.4. The molecule has 0 radical (unpaired) electrons. The van der Waals surface area contributed by atoms with Crippen molar-refractivity contribution in [2.75, 3.05) is 24.7 Å². The summed E-state index contributed by atoms with van der Waals surface area (Å²) in [7, 11) is 0. The van der Waals surface area contributed by atoms with Gasteiger partial charge in [0, 0.05) is 36.5 Å². The van der Waals surface area contributed by atoms with Crippen LogP contribution in [0.4, 0.5) is 5.69 Å². The van der Waals surface area contributed by atoms with Crippen LogP contribution in [0, 0.1) is 0 Å². The van der Waals surface area contributed by atoms with E-state index in [-0.39, 0.29) is 12.0 Å². The Hall–Kier alpha value is -2.40. The summed E-state index contributed by atoms with van der Waals surface area (Å²) in [5, 5.41) is 0. The predicted molar refractivity (Wildman–Crippen MR) is 95.2 cm³/mol. The lowest BCUT2D eigenvalue weighted by molar-refractivity contribution is 0.0982. The summed E-state index contributed by atoms with van der Waals surface area (Å²) in [6, 6.07) is 11.6. The van der Waals surface area contributed by atoms with Gasteiger partial charge < -0.3 is 14.4 Å². The fourth-order valence-corrected chi connectivity index (χ4v) is 3.50. The number of carbonyl (C=O) groups excluding carboxylic acids is 1. The molecular formula is C20H22N2O3. The van der Waals surface area contributed by atoms with Gasteiger partial charge in [-0.05, 0) is 30.0 Å². The molecule has 2 unspecified atom stereocenters. The van der Waals surface area contributed by atoms with Crippen molar-refractivity contribution in [3.8, 4) is 5.88 Å². The first-order valence-electron chi connectivity index (χ1n) is 8.83. The average molecular weight is 338 g/mol. The van der Waals surface area contributed by atoms with Gasteiger partial charge in [-0.25, -0.2) is 4.98 Å². The molecule has 0 N–H and O–H groups in total. The number of carbonyl (C=O) groups is 1. The summed E-state index contributed by atoms with van der Waals surface area (Å²) in [6.45, 7) is 4.23. The number of nitrogens with zero attached hydrogens (tertiary/aromatic N) is 2. The van der Waals surface area contributed by atoms with Crippen LogP contribution in [0.3, 0.4) is 0 Å². The fourth-order valence-electron chi connectivity index (χ4n) is 3.50. The molecule has 5 nitrogen and oxygen atoms in total. The Balaban J connectivity index is 1.58. The number of para-hydroxylation sites is 1. The Morgan fingerprint density at radius 3 is 3.00 bits per heavy atom. The number of hydrogen-bond donors (Lipinski definition) is 0. The molecule has 0 aliphatic carbocycles. The molecule has 130 valence electrons. The fraction of sp³-hybridized carbons (Fsp3) is 0.400. The van der Waals surface area contributed by atoms with E-state index in [0.717, 1.165) is 25.1 Å². The minimum Gasteiger partial charge on any atom is -0.472 e. The standard InChI is InChI=1S/C20H22N2O3/c1-14-7-10-22(18-5-3-2-4-17(14)18)20(23)15-6-9-21-19(12-15)25-16-8-11-24-13-16/h2-6,9,12,14,16H,7-8,10-11,13H2,1H3. The first-order chi connectivity index (χ1) is 12.2. The van der Waals surface area contributed by atoms with Gasteiger partial charge in [-0.15, -0.1) is 0 Å². The lowest BCUT2D eigenvalue weighted by atomic mass is 9.91. The number of anilines is 1. The molecule has 2 aliphatic rings. The van der Waals surface area contributed by atoms with Crippen molar-refractivity contribution in [1.29, 1.82) is 0 Å². The van der Waals surface area contributed by atoms with Gasteiger partial charge in [0.25, 0.3) is 5.91 Å². The summed E-state index contributed by atoms with van der Waals surface area (Å²) in [4.78, 5) is 19.2. The maximum atomic E-state index is 13.1. The van der Waals surface area contributed by atoms with Crippen molar-refractivity contribution >= 4 is 11.6 Å². The monoisotopic (exact) mass is 338 g/mol. The maximum Gasteiger partial charge on any atom is 0.258 e. The topological polar surface area (TPSA) is 51.7 Å². The Morgan fingerprint density at radius 2 is 2.16 bits per heavy atom. The minimum absolute atomic E-state index is 0.00530. The van der Waals surface area contributed by atoms with Gasteiger partial charge in [0.2, 0.25) is 5.88 Å². The van der Waals surface area contributed by atoms with Gasteiger partial charge in [0.15, 0.2) is 0 Å². The van der Waals surface area contributed by atoms with E-state index < -0.39 is 0 Å². The van der Waals surface area contributed by atoms with Crippen molar-refractivity contribution in [1.82, 2.24) is 4.98 Å². The molecule has 1 fully saturated rings. The highest BCUT2D eigenvalue weighted by Crippen LogP contribution is 2.35. The predicted octanol–water partition coefficient (Wildman–Crippen LogP) is 3.40. The molecule has 3 heterocycles. The largest absolute Gasteiger partial charge is 0.472 e. The highest BCUT2D eigenvalue weighted by atomic mass is 16.5. The SMILES string of the molecule is CC1CCN(C(=O)c2ccnc(OC3CCOC3)c2)c2ccccc21. The van der Waals surface area contributed by atoms with Crippen molar-refractivity contribution < 1.29 is 14.3 Å². The molecule has 0 saturated carbocycles. The van der Waals surface area contributed by atoms with Crippen LogP contribution >= 0.6 is 0 Å². The second-order valence-corrected chi connectivity index (χ2v) is 6.69. The van der Waals surface area contributed by atoms with Crippen LogP contribution in [0.25, 0.3) is 0 Å². The molecule has 1 aromatic carbocycles. The van der Waals surface area contributed by atoms with E-state index in [1.54, 1.807) is 18.3 Å². The Kier molecular flexibility index (Phi) is 4.40. The van der Waals surface area contributed by atoms with Gasteiger partial charge in [0.1, 0.15) is 6.10 Å². The maximum absolute atomic E-state index is 13.1. The highest BCUT2D eigenvalue weighted by molar-refractivity contribution is 6.06. The zero-order valence-corrected chi connectivity index (χ0v) is 14.4. The molecule has 2 aliphatic heterocycles. The van der Waals surface area contributed by atoms with E-state index in [2.05, 4.69) is 18.0 Å². The smallest absolute Gasteiger partial charge is 0.258 e. The third-order valence-electron chi connectivity index (χ3n) is 4.95. The highest BCUT2D eigenvalue weighted by Gasteiger charge is 2.27. The second-order valence-electron chi connectivity index (χ2n) is 6.69. The first kappa shape index (κ1) is 16.1. The minimum atomic E-state index is -0.00530. The number of rotatable bonds is 3. The van der Waals surface area contributed by atoms with Crippen LogP contribution in [-0.2, 0) is 4.74 Å². The normalized spacial score (nSPS) is 22.5. The number of fused-ring (bicyclic) bond motifs is 1. The molecule has 4 rings (SSSR count). The van der Waals surface area contributed by atoms with Crippen LogP contribution in [0.1, 0.15) is 41.6 Å². The molecule has 2 atom stereocenters.